The van der Waals surface area contributed by atoms with Crippen LogP contribution in [0.1, 0.15) is 24.0 Å². The minimum atomic E-state index is -0.372. The summed E-state index contributed by atoms with van der Waals surface area (Å²) in [6.07, 6.45) is 5.04. The molecule has 1 fully saturated rings. The fourth-order valence-corrected chi connectivity index (χ4v) is 3.67. The van der Waals surface area contributed by atoms with Crippen LogP contribution in [0.25, 0.3) is 0 Å². The number of carbonyl (C=O) groups is 2. The number of halogens is 1. The molecule has 2 heterocycles. The smallest absolute Gasteiger partial charge is 0.249 e. The molecule has 29 heavy (non-hydrogen) atoms. The summed E-state index contributed by atoms with van der Waals surface area (Å²) in [7, 11) is 1.49. The van der Waals surface area contributed by atoms with Crippen LogP contribution in [-0.2, 0) is 27.3 Å². The van der Waals surface area contributed by atoms with Crippen LogP contribution in [0.4, 0.5) is 4.39 Å². The first-order valence-corrected chi connectivity index (χ1v) is 9.77. The average molecular weight is 399 g/mol. The van der Waals surface area contributed by atoms with E-state index in [1.807, 2.05) is 12.1 Å². The molecule has 0 bridgehead atoms. The number of amides is 2. The molecule has 0 radical (unpaired) electrons. The van der Waals surface area contributed by atoms with E-state index in [0.29, 0.717) is 25.2 Å². The van der Waals surface area contributed by atoms with E-state index in [1.54, 1.807) is 40.4 Å². The van der Waals surface area contributed by atoms with E-state index in [4.69, 9.17) is 4.74 Å². The van der Waals surface area contributed by atoms with E-state index in [0.717, 1.165) is 18.4 Å². The number of aromatic nitrogens is 1. The lowest BCUT2D eigenvalue weighted by Crippen LogP contribution is -2.52. The van der Waals surface area contributed by atoms with Crippen molar-refractivity contribution in [1.29, 1.82) is 0 Å². The summed E-state index contributed by atoms with van der Waals surface area (Å²) in [4.78, 5) is 33.1. The second-order valence-corrected chi connectivity index (χ2v) is 7.22. The molecule has 1 unspecified atom stereocenters. The van der Waals surface area contributed by atoms with E-state index in [-0.39, 0.29) is 36.7 Å². The molecule has 1 aliphatic heterocycles. The SMILES string of the molecule is COCC(=O)N(Cc1cccnc1)C1CCCN(C(=O)Cc2ccccc2F)C1. The van der Waals surface area contributed by atoms with Gasteiger partial charge in [-0.2, -0.15) is 0 Å². The lowest BCUT2D eigenvalue weighted by Gasteiger charge is -2.39. The maximum Gasteiger partial charge on any atom is 0.249 e. The van der Waals surface area contributed by atoms with E-state index < -0.39 is 0 Å². The van der Waals surface area contributed by atoms with Crippen molar-refractivity contribution in [3.05, 3.63) is 65.7 Å². The van der Waals surface area contributed by atoms with Gasteiger partial charge in [-0.25, -0.2) is 4.39 Å². The largest absolute Gasteiger partial charge is 0.375 e. The first-order valence-electron chi connectivity index (χ1n) is 9.77. The van der Waals surface area contributed by atoms with Gasteiger partial charge in [0, 0.05) is 45.2 Å². The summed E-state index contributed by atoms with van der Waals surface area (Å²) in [5.74, 6) is -0.618. The summed E-state index contributed by atoms with van der Waals surface area (Å²) in [5.41, 5.74) is 1.31. The van der Waals surface area contributed by atoms with Crippen molar-refractivity contribution in [2.75, 3.05) is 26.8 Å². The Morgan fingerprint density at radius 1 is 1.28 bits per heavy atom. The van der Waals surface area contributed by atoms with Gasteiger partial charge < -0.3 is 14.5 Å². The molecule has 154 valence electrons. The maximum atomic E-state index is 13.9. The number of rotatable bonds is 7. The Bertz CT molecular complexity index is 831. The van der Waals surface area contributed by atoms with Crippen LogP contribution in [0.3, 0.4) is 0 Å². The predicted octanol–water partition coefficient (Wildman–Crippen LogP) is 2.43. The number of carbonyl (C=O) groups excluding carboxylic acids is 2. The highest BCUT2D eigenvalue weighted by Gasteiger charge is 2.30. The predicted molar refractivity (Wildman–Crippen MR) is 106 cm³/mol. The molecule has 2 aromatic rings. The first kappa shape index (κ1) is 20.9. The molecule has 7 heteroatoms. The second-order valence-electron chi connectivity index (χ2n) is 7.22. The van der Waals surface area contributed by atoms with Gasteiger partial charge in [0.25, 0.3) is 0 Å². The molecule has 0 N–H and O–H groups in total. The van der Waals surface area contributed by atoms with Crippen LogP contribution in [0, 0.1) is 5.82 Å². The van der Waals surface area contributed by atoms with E-state index in [9.17, 15) is 14.0 Å². The normalized spacial score (nSPS) is 16.5. The topological polar surface area (TPSA) is 62.7 Å². The quantitative estimate of drug-likeness (QED) is 0.717. The summed E-state index contributed by atoms with van der Waals surface area (Å²) in [5, 5.41) is 0. The lowest BCUT2D eigenvalue weighted by molar-refractivity contribution is -0.142. The molecule has 0 spiro atoms. The van der Waals surface area contributed by atoms with Gasteiger partial charge in [0.2, 0.25) is 11.8 Å². The minimum Gasteiger partial charge on any atom is -0.375 e. The summed E-state index contributed by atoms with van der Waals surface area (Å²) in [6.45, 7) is 1.45. The number of ether oxygens (including phenoxy) is 1. The van der Waals surface area contributed by atoms with Crippen LogP contribution >= 0.6 is 0 Å². The number of piperidine rings is 1. The number of benzene rings is 1. The van der Waals surface area contributed by atoms with Crippen LogP contribution in [0.5, 0.6) is 0 Å². The van der Waals surface area contributed by atoms with Gasteiger partial charge in [0.05, 0.1) is 6.42 Å². The zero-order valence-corrected chi connectivity index (χ0v) is 16.6. The summed E-state index contributed by atoms with van der Waals surface area (Å²) < 4.78 is 19.0. The fourth-order valence-electron chi connectivity index (χ4n) is 3.67. The number of hydrogen-bond acceptors (Lipinski definition) is 4. The van der Waals surface area contributed by atoms with Gasteiger partial charge in [0.15, 0.2) is 0 Å². The third-order valence-electron chi connectivity index (χ3n) is 5.15. The molecule has 1 atom stereocenters. The van der Waals surface area contributed by atoms with Gasteiger partial charge in [-0.05, 0) is 36.1 Å². The Labute approximate surface area is 170 Å². The number of methoxy groups -OCH3 is 1. The number of hydrogen-bond donors (Lipinski definition) is 0. The number of likely N-dealkylation sites (tertiary alicyclic amines) is 1. The Kier molecular flexibility index (Phi) is 7.30. The second kappa shape index (κ2) is 10.1. The average Bonchev–Trinajstić information content (AvgIpc) is 2.74. The van der Waals surface area contributed by atoms with Crippen molar-refractivity contribution in [2.24, 2.45) is 0 Å². The van der Waals surface area contributed by atoms with Gasteiger partial charge >= 0.3 is 0 Å². The Morgan fingerprint density at radius 3 is 2.83 bits per heavy atom. The molecule has 1 aromatic carbocycles. The number of nitrogens with zero attached hydrogens (tertiary/aromatic N) is 3. The summed E-state index contributed by atoms with van der Waals surface area (Å²) in [6, 6.07) is 9.97. The molecule has 3 rings (SSSR count). The third kappa shape index (κ3) is 5.60. The Morgan fingerprint density at radius 2 is 2.10 bits per heavy atom. The highest BCUT2D eigenvalue weighted by Crippen LogP contribution is 2.20. The van der Waals surface area contributed by atoms with E-state index >= 15 is 0 Å². The van der Waals surface area contributed by atoms with Crippen LogP contribution in [0.2, 0.25) is 0 Å². The van der Waals surface area contributed by atoms with Gasteiger partial charge in [-0.3, -0.25) is 14.6 Å². The Hall–Kier alpha value is -2.80. The van der Waals surface area contributed by atoms with Crippen molar-refractivity contribution in [2.45, 2.75) is 31.8 Å². The van der Waals surface area contributed by atoms with Gasteiger partial charge in [0.1, 0.15) is 12.4 Å². The van der Waals surface area contributed by atoms with Crippen molar-refractivity contribution in [1.82, 2.24) is 14.8 Å². The minimum absolute atomic E-state index is 0.0140. The van der Waals surface area contributed by atoms with Crippen molar-refractivity contribution < 1.29 is 18.7 Å². The molecular weight excluding hydrogens is 373 g/mol. The Balaban J connectivity index is 1.70. The molecule has 0 aliphatic carbocycles. The lowest BCUT2D eigenvalue weighted by atomic mass is 10.0. The molecule has 1 aliphatic rings. The molecule has 1 saturated heterocycles. The van der Waals surface area contributed by atoms with Gasteiger partial charge in [-0.15, -0.1) is 0 Å². The molecule has 1 aromatic heterocycles. The zero-order valence-electron chi connectivity index (χ0n) is 16.6. The highest BCUT2D eigenvalue weighted by atomic mass is 19.1. The van der Waals surface area contributed by atoms with Gasteiger partial charge in [-0.1, -0.05) is 24.3 Å². The monoisotopic (exact) mass is 399 g/mol. The van der Waals surface area contributed by atoms with E-state index in [1.165, 1.54) is 13.2 Å². The van der Waals surface area contributed by atoms with E-state index in [2.05, 4.69) is 4.98 Å². The third-order valence-corrected chi connectivity index (χ3v) is 5.15. The highest BCUT2D eigenvalue weighted by molar-refractivity contribution is 5.80. The van der Waals surface area contributed by atoms with Crippen molar-refractivity contribution in [3.63, 3.8) is 0 Å². The standard InChI is InChI=1S/C22H26FN3O3/c1-29-16-22(28)26(14-17-6-4-10-24-13-17)19-8-5-11-25(15-19)21(27)12-18-7-2-3-9-20(18)23/h2-4,6-7,9-10,13,19H,5,8,11-12,14-16H2,1H3. The molecule has 2 amide bonds. The van der Waals surface area contributed by atoms with Crippen LogP contribution in [0.15, 0.2) is 48.8 Å². The maximum absolute atomic E-state index is 13.9. The van der Waals surface area contributed by atoms with Crippen LogP contribution in [-0.4, -0.2) is 59.4 Å². The molecule has 6 nitrogen and oxygen atoms in total. The molecular formula is C22H26FN3O3. The fraction of sp³-hybridized carbons (Fsp3) is 0.409. The molecule has 0 saturated carbocycles. The van der Waals surface area contributed by atoms with Crippen LogP contribution < -0.4 is 0 Å². The first-order chi connectivity index (χ1) is 14.1. The number of pyridine rings is 1. The van der Waals surface area contributed by atoms with Crippen molar-refractivity contribution in [3.8, 4) is 0 Å². The van der Waals surface area contributed by atoms with Crippen molar-refractivity contribution >= 4 is 11.8 Å². The summed E-state index contributed by atoms with van der Waals surface area (Å²) >= 11 is 0. The zero-order chi connectivity index (χ0) is 20.6.